The maximum atomic E-state index is 12.0. The molecule has 0 spiro atoms. The predicted molar refractivity (Wildman–Crippen MR) is 111 cm³/mol. The highest BCUT2D eigenvalue weighted by molar-refractivity contribution is 6.30. The average molecular weight is 470 g/mol. The molecule has 1 saturated carbocycles. The first-order valence-corrected chi connectivity index (χ1v) is 10.9. The number of aromatic nitrogens is 3. The van der Waals surface area contributed by atoms with Gasteiger partial charge in [-0.1, -0.05) is 23.7 Å². The lowest BCUT2D eigenvalue weighted by atomic mass is 9.78. The minimum absolute atomic E-state index is 0.00117. The zero-order valence-electron chi connectivity index (χ0n) is 17.3. The van der Waals surface area contributed by atoms with Gasteiger partial charge in [-0.05, 0) is 36.5 Å². The van der Waals surface area contributed by atoms with Crippen molar-refractivity contribution in [3.8, 4) is 0 Å². The second kappa shape index (κ2) is 9.70. The zero-order valence-corrected chi connectivity index (χ0v) is 18.1. The van der Waals surface area contributed by atoms with E-state index in [2.05, 4.69) is 10.1 Å². The van der Waals surface area contributed by atoms with Gasteiger partial charge in [-0.25, -0.2) is 9.67 Å². The van der Waals surface area contributed by atoms with Gasteiger partial charge in [0.2, 0.25) is 0 Å². The van der Waals surface area contributed by atoms with E-state index in [-0.39, 0.29) is 19.1 Å². The number of aliphatic hydroxyl groups is 5. The van der Waals surface area contributed by atoms with E-state index in [1.165, 1.54) is 17.3 Å². The molecular formula is C21H28ClN3O7. The number of aliphatic hydroxyl groups excluding tert-OH is 4. The lowest BCUT2D eigenvalue weighted by Gasteiger charge is -2.42. The van der Waals surface area contributed by atoms with Gasteiger partial charge in [0.1, 0.15) is 42.7 Å². The van der Waals surface area contributed by atoms with Crippen molar-refractivity contribution in [1.82, 2.24) is 14.8 Å². The Kier molecular flexibility index (Phi) is 7.13. The molecule has 0 bridgehead atoms. The number of benzene rings is 1. The fourth-order valence-electron chi connectivity index (χ4n) is 4.29. The lowest BCUT2D eigenvalue weighted by molar-refractivity contribution is -0.306. The van der Waals surface area contributed by atoms with Crippen molar-refractivity contribution in [2.75, 3.05) is 13.2 Å². The number of halogens is 1. The number of hydrogen-bond acceptors (Lipinski definition) is 9. The summed E-state index contributed by atoms with van der Waals surface area (Å²) in [4.78, 5) is 3.96. The maximum Gasteiger partial charge on any atom is 0.186 e. The van der Waals surface area contributed by atoms with Crippen molar-refractivity contribution in [3.05, 3.63) is 47.5 Å². The highest BCUT2D eigenvalue weighted by Crippen LogP contribution is 2.47. The first-order chi connectivity index (χ1) is 15.3. The summed E-state index contributed by atoms with van der Waals surface area (Å²) in [6, 6.07) is 6.90. The van der Waals surface area contributed by atoms with Gasteiger partial charge in [-0.15, -0.1) is 0 Å². The molecule has 32 heavy (non-hydrogen) atoms. The molecule has 0 amide bonds. The molecular weight excluding hydrogens is 442 g/mol. The van der Waals surface area contributed by atoms with E-state index < -0.39 is 48.8 Å². The SMILES string of the molecule is OC[C@H]1O[C@@H](OCC(C2CC2)C(O)(Cn2cncn2)c2ccc(Cl)cc2)[C@H](O)[C@@H](O)[C@@H]1O. The molecule has 10 nitrogen and oxygen atoms in total. The molecule has 176 valence electrons. The Morgan fingerprint density at radius 1 is 1.16 bits per heavy atom. The Morgan fingerprint density at radius 2 is 1.88 bits per heavy atom. The van der Waals surface area contributed by atoms with Gasteiger partial charge in [0.15, 0.2) is 6.29 Å². The van der Waals surface area contributed by atoms with E-state index in [4.69, 9.17) is 21.1 Å². The van der Waals surface area contributed by atoms with Crippen LogP contribution in [-0.2, 0) is 21.6 Å². The summed E-state index contributed by atoms with van der Waals surface area (Å²) in [6.45, 7) is -0.424. The maximum absolute atomic E-state index is 12.0. The molecule has 2 aromatic rings. The summed E-state index contributed by atoms with van der Waals surface area (Å²) in [6.07, 6.45) is -2.14. The van der Waals surface area contributed by atoms with Crippen molar-refractivity contribution in [3.63, 3.8) is 0 Å². The van der Waals surface area contributed by atoms with Crippen LogP contribution in [-0.4, -0.2) is 84.2 Å². The number of rotatable bonds is 9. The number of hydrogen-bond donors (Lipinski definition) is 5. The first kappa shape index (κ1) is 23.5. The summed E-state index contributed by atoms with van der Waals surface area (Å²) in [7, 11) is 0. The van der Waals surface area contributed by atoms with Crippen LogP contribution in [0.2, 0.25) is 5.02 Å². The van der Waals surface area contributed by atoms with Crippen LogP contribution in [0.4, 0.5) is 0 Å². The standard InChI is InChI=1S/C21H28ClN3O7/c22-14-5-3-13(4-6-14)21(30,9-25-11-23-10-24-25)15(12-1-2-12)8-31-20-19(29)18(28)17(27)16(7-26)32-20/h3-6,10-12,15-20,26-30H,1-2,7-9H2/t15?,16-,17-,18+,19-,20-,21?/m1/s1. The molecule has 2 aliphatic rings. The van der Waals surface area contributed by atoms with Crippen LogP contribution in [0.5, 0.6) is 0 Å². The molecule has 4 rings (SSSR count). The molecule has 2 unspecified atom stereocenters. The van der Waals surface area contributed by atoms with Crippen LogP contribution in [0.1, 0.15) is 18.4 Å². The van der Waals surface area contributed by atoms with Gasteiger partial charge in [0.25, 0.3) is 0 Å². The number of nitrogens with zero attached hydrogens (tertiary/aromatic N) is 3. The molecule has 1 aromatic heterocycles. The molecule has 1 aliphatic carbocycles. The Balaban J connectivity index is 1.57. The van der Waals surface area contributed by atoms with E-state index in [1.54, 1.807) is 24.3 Å². The first-order valence-electron chi connectivity index (χ1n) is 10.6. The monoisotopic (exact) mass is 469 g/mol. The van der Waals surface area contributed by atoms with Gasteiger partial charge in [0, 0.05) is 10.9 Å². The Morgan fingerprint density at radius 3 is 2.47 bits per heavy atom. The predicted octanol–water partition coefficient (Wildman–Crippen LogP) is -0.338. The fourth-order valence-corrected chi connectivity index (χ4v) is 4.41. The third-order valence-electron chi connectivity index (χ3n) is 6.31. The number of ether oxygens (including phenoxy) is 2. The van der Waals surface area contributed by atoms with Crippen LogP contribution in [0, 0.1) is 11.8 Å². The third-order valence-corrected chi connectivity index (χ3v) is 6.56. The normalized spacial score (nSPS) is 31.2. The molecule has 1 aliphatic heterocycles. The van der Waals surface area contributed by atoms with Gasteiger partial charge < -0.3 is 35.0 Å². The van der Waals surface area contributed by atoms with Crippen molar-refractivity contribution in [2.45, 2.75) is 55.7 Å². The Bertz CT molecular complexity index is 865. The summed E-state index contributed by atoms with van der Waals surface area (Å²) in [5.74, 6) is -0.246. The third kappa shape index (κ3) is 4.82. The molecule has 11 heteroatoms. The summed E-state index contributed by atoms with van der Waals surface area (Å²) in [5.41, 5.74) is -0.764. The van der Waals surface area contributed by atoms with Gasteiger partial charge in [-0.3, -0.25) is 0 Å². The van der Waals surface area contributed by atoms with Crippen LogP contribution in [0.3, 0.4) is 0 Å². The minimum Gasteiger partial charge on any atom is -0.394 e. The van der Waals surface area contributed by atoms with E-state index in [0.29, 0.717) is 10.6 Å². The smallest absolute Gasteiger partial charge is 0.186 e. The molecule has 7 atom stereocenters. The molecule has 1 saturated heterocycles. The average Bonchev–Trinajstić information content (AvgIpc) is 3.49. The summed E-state index contributed by atoms with van der Waals surface area (Å²) >= 11 is 6.05. The Labute approximate surface area is 190 Å². The van der Waals surface area contributed by atoms with Crippen LogP contribution < -0.4 is 0 Å². The van der Waals surface area contributed by atoms with Crippen molar-refractivity contribution in [1.29, 1.82) is 0 Å². The second-order valence-electron chi connectivity index (χ2n) is 8.50. The second-order valence-corrected chi connectivity index (χ2v) is 8.94. The van der Waals surface area contributed by atoms with E-state index in [1.807, 2.05) is 0 Å². The molecule has 1 aromatic carbocycles. The van der Waals surface area contributed by atoms with Gasteiger partial charge in [0.05, 0.1) is 19.8 Å². The molecule has 2 heterocycles. The Hall–Kier alpha value is -1.63. The van der Waals surface area contributed by atoms with Crippen LogP contribution >= 0.6 is 11.6 Å². The largest absolute Gasteiger partial charge is 0.394 e. The minimum atomic E-state index is -1.53. The summed E-state index contributed by atoms with van der Waals surface area (Å²) in [5, 5.41) is 56.4. The molecule has 0 radical (unpaired) electrons. The molecule has 5 N–H and O–H groups in total. The zero-order chi connectivity index (χ0) is 22.9. The van der Waals surface area contributed by atoms with Crippen molar-refractivity contribution in [2.24, 2.45) is 11.8 Å². The van der Waals surface area contributed by atoms with Crippen LogP contribution in [0.15, 0.2) is 36.9 Å². The van der Waals surface area contributed by atoms with E-state index in [0.717, 1.165) is 12.8 Å². The topological polar surface area (TPSA) is 150 Å². The quantitative estimate of drug-likeness (QED) is 0.332. The van der Waals surface area contributed by atoms with E-state index >= 15 is 0 Å². The van der Waals surface area contributed by atoms with Gasteiger partial charge in [-0.2, -0.15) is 5.10 Å². The highest BCUT2D eigenvalue weighted by Gasteiger charge is 2.49. The summed E-state index contributed by atoms with van der Waals surface area (Å²) < 4.78 is 12.8. The fraction of sp³-hybridized carbons (Fsp3) is 0.619. The van der Waals surface area contributed by atoms with Crippen molar-refractivity contribution < 1.29 is 35.0 Å². The highest BCUT2D eigenvalue weighted by atomic mass is 35.5. The van der Waals surface area contributed by atoms with Gasteiger partial charge >= 0.3 is 0 Å². The molecule has 2 fully saturated rings. The lowest BCUT2D eigenvalue weighted by Crippen LogP contribution is -2.59. The van der Waals surface area contributed by atoms with Crippen molar-refractivity contribution >= 4 is 11.6 Å². The van der Waals surface area contributed by atoms with E-state index in [9.17, 15) is 25.5 Å². The van der Waals surface area contributed by atoms with Crippen LogP contribution in [0.25, 0.3) is 0 Å².